The molecular formula is C27H19F3N4O2. The van der Waals surface area contributed by atoms with E-state index in [9.17, 15) is 23.2 Å². The highest BCUT2D eigenvalue weighted by Gasteiger charge is 2.30. The number of fused-ring (bicyclic) bond motifs is 1. The highest BCUT2D eigenvalue weighted by Crippen LogP contribution is 2.32. The van der Waals surface area contributed by atoms with Crippen molar-refractivity contribution in [2.75, 3.05) is 5.32 Å². The third-order valence-corrected chi connectivity index (χ3v) is 5.63. The Balaban J connectivity index is 1.38. The number of benzene rings is 3. The number of nitrogens with zero attached hydrogens (tertiary/aromatic N) is 2. The fraction of sp³-hybridized carbons (Fsp3) is 0.0741. The monoisotopic (exact) mass is 488 g/mol. The molecule has 5 rings (SSSR count). The zero-order valence-corrected chi connectivity index (χ0v) is 18.7. The summed E-state index contributed by atoms with van der Waals surface area (Å²) in [5.41, 5.74) is 3.58. The first-order chi connectivity index (χ1) is 17.2. The standard InChI is InChI=1S/C27H19F3N4O2/c28-27(29,30)21-9-10-23-24(15-21)33-26(32-23)20-7-1-5-18(13-20)19-6-2-8-22(14-19)31-25(35)12-17-4-3-11-34(36)16-17/h1-11,13-16H,12H2,(H,31,35)(H,32,33). The van der Waals surface area contributed by atoms with Gasteiger partial charge in [0.05, 0.1) is 23.0 Å². The van der Waals surface area contributed by atoms with Crippen LogP contribution >= 0.6 is 0 Å². The van der Waals surface area contributed by atoms with E-state index in [-0.39, 0.29) is 12.3 Å². The Labute approximate surface area is 203 Å². The summed E-state index contributed by atoms with van der Waals surface area (Å²) < 4.78 is 39.8. The Morgan fingerprint density at radius 2 is 1.69 bits per heavy atom. The van der Waals surface area contributed by atoms with Crippen LogP contribution in [0.15, 0.2) is 91.3 Å². The van der Waals surface area contributed by atoms with Crippen molar-refractivity contribution in [2.45, 2.75) is 12.6 Å². The minimum absolute atomic E-state index is 0.0604. The van der Waals surface area contributed by atoms with Gasteiger partial charge in [0, 0.05) is 22.9 Å². The molecule has 0 saturated carbocycles. The number of carbonyl (C=O) groups excluding carboxylic acids is 1. The number of H-pyrrole nitrogens is 1. The minimum Gasteiger partial charge on any atom is -0.619 e. The molecule has 0 saturated heterocycles. The van der Waals surface area contributed by atoms with Gasteiger partial charge in [0.2, 0.25) is 5.91 Å². The fourth-order valence-electron chi connectivity index (χ4n) is 3.94. The first-order valence-corrected chi connectivity index (χ1v) is 11.0. The van der Waals surface area contributed by atoms with Gasteiger partial charge in [-0.25, -0.2) is 4.98 Å². The lowest BCUT2D eigenvalue weighted by molar-refractivity contribution is -0.605. The van der Waals surface area contributed by atoms with Crippen molar-refractivity contribution in [1.82, 2.24) is 9.97 Å². The Morgan fingerprint density at radius 3 is 2.47 bits per heavy atom. The van der Waals surface area contributed by atoms with Gasteiger partial charge in [0.15, 0.2) is 12.4 Å². The van der Waals surface area contributed by atoms with Gasteiger partial charge < -0.3 is 15.5 Å². The largest absolute Gasteiger partial charge is 0.619 e. The van der Waals surface area contributed by atoms with E-state index in [0.717, 1.165) is 23.3 Å². The molecule has 2 N–H and O–H groups in total. The molecule has 9 heteroatoms. The maximum atomic E-state index is 13.0. The predicted octanol–water partition coefficient (Wildman–Crippen LogP) is 5.73. The molecule has 0 aliphatic carbocycles. The Morgan fingerprint density at radius 1 is 0.944 bits per heavy atom. The van der Waals surface area contributed by atoms with Gasteiger partial charge in [0.25, 0.3) is 0 Å². The second kappa shape index (κ2) is 9.18. The van der Waals surface area contributed by atoms with E-state index in [1.807, 2.05) is 42.5 Å². The number of rotatable bonds is 5. The van der Waals surface area contributed by atoms with Gasteiger partial charge in [-0.05, 0) is 53.6 Å². The van der Waals surface area contributed by atoms with Crippen LogP contribution in [0.2, 0.25) is 0 Å². The van der Waals surface area contributed by atoms with Crippen LogP contribution in [0.3, 0.4) is 0 Å². The first-order valence-electron chi connectivity index (χ1n) is 11.0. The van der Waals surface area contributed by atoms with Crippen molar-refractivity contribution < 1.29 is 22.7 Å². The maximum Gasteiger partial charge on any atom is 0.416 e. The number of hydrogen-bond acceptors (Lipinski definition) is 3. The summed E-state index contributed by atoms with van der Waals surface area (Å²) in [6.45, 7) is 0. The van der Waals surface area contributed by atoms with E-state index >= 15 is 0 Å². The van der Waals surface area contributed by atoms with Crippen LogP contribution < -0.4 is 10.0 Å². The normalized spacial score (nSPS) is 11.5. The Hall–Kier alpha value is -4.66. The second-order valence-corrected chi connectivity index (χ2v) is 8.27. The van der Waals surface area contributed by atoms with Crippen LogP contribution in [0.25, 0.3) is 33.5 Å². The van der Waals surface area contributed by atoms with Gasteiger partial charge in [-0.15, -0.1) is 0 Å². The molecule has 6 nitrogen and oxygen atoms in total. The highest BCUT2D eigenvalue weighted by atomic mass is 19.4. The molecule has 0 radical (unpaired) electrons. The molecule has 0 aliphatic heterocycles. The molecule has 0 unspecified atom stereocenters. The maximum absolute atomic E-state index is 13.0. The van der Waals surface area contributed by atoms with Gasteiger partial charge in [0.1, 0.15) is 5.82 Å². The zero-order chi connectivity index (χ0) is 25.3. The fourth-order valence-corrected chi connectivity index (χ4v) is 3.94. The molecule has 0 aliphatic rings. The van der Waals surface area contributed by atoms with E-state index in [2.05, 4.69) is 15.3 Å². The van der Waals surface area contributed by atoms with E-state index < -0.39 is 11.7 Å². The number of aromatic amines is 1. The number of anilines is 1. The number of imidazole rings is 1. The zero-order valence-electron chi connectivity index (χ0n) is 18.7. The first kappa shape index (κ1) is 23.1. The van der Waals surface area contributed by atoms with Crippen molar-refractivity contribution in [2.24, 2.45) is 0 Å². The number of amides is 1. The minimum atomic E-state index is -4.43. The summed E-state index contributed by atoms with van der Waals surface area (Å²) in [4.78, 5) is 19.9. The molecule has 0 atom stereocenters. The Kier molecular flexibility index (Phi) is 5.89. The highest BCUT2D eigenvalue weighted by molar-refractivity contribution is 5.93. The van der Waals surface area contributed by atoms with Crippen LogP contribution in [0.5, 0.6) is 0 Å². The quantitative estimate of drug-likeness (QED) is 0.245. The molecule has 2 aromatic heterocycles. The summed E-state index contributed by atoms with van der Waals surface area (Å²) in [6, 6.07) is 21.4. The molecule has 180 valence electrons. The summed E-state index contributed by atoms with van der Waals surface area (Å²) in [6.07, 6.45) is -1.67. The lowest BCUT2D eigenvalue weighted by Crippen LogP contribution is -2.26. The summed E-state index contributed by atoms with van der Waals surface area (Å²) >= 11 is 0. The number of nitrogens with one attached hydrogen (secondary N) is 2. The molecule has 5 aromatic rings. The number of aromatic nitrogens is 3. The lowest BCUT2D eigenvalue weighted by atomic mass is 10.0. The van der Waals surface area contributed by atoms with Crippen molar-refractivity contribution >= 4 is 22.6 Å². The number of pyridine rings is 1. The van der Waals surface area contributed by atoms with Crippen LogP contribution in [0.1, 0.15) is 11.1 Å². The molecule has 0 spiro atoms. The van der Waals surface area contributed by atoms with Gasteiger partial charge in [-0.1, -0.05) is 30.3 Å². The molecule has 0 fully saturated rings. The second-order valence-electron chi connectivity index (χ2n) is 8.27. The number of halogens is 3. The van der Waals surface area contributed by atoms with Gasteiger partial charge >= 0.3 is 6.18 Å². The number of hydrogen-bond donors (Lipinski definition) is 2. The van der Waals surface area contributed by atoms with Gasteiger partial charge in [-0.2, -0.15) is 17.9 Å². The van der Waals surface area contributed by atoms with Gasteiger partial charge in [-0.3, -0.25) is 4.79 Å². The van der Waals surface area contributed by atoms with E-state index in [0.29, 0.717) is 38.4 Å². The average Bonchev–Trinajstić information content (AvgIpc) is 3.27. The van der Waals surface area contributed by atoms with Crippen molar-refractivity contribution in [1.29, 1.82) is 0 Å². The molecule has 2 heterocycles. The van der Waals surface area contributed by atoms with Crippen molar-refractivity contribution in [3.8, 4) is 22.5 Å². The van der Waals surface area contributed by atoms with E-state index in [1.165, 1.54) is 18.5 Å². The molecule has 36 heavy (non-hydrogen) atoms. The van der Waals surface area contributed by atoms with Crippen LogP contribution in [0, 0.1) is 5.21 Å². The topological polar surface area (TPSA) is 84.7 Å². The summed E-state index contributed by atoms with van der Waals surface area (Å²) in [5, 5.41) is 14.2. The van der Waals surface area contributed by atoms with Crippen LogP contribution in [-0.2, 0) is 17.4 Å². The molecule has 1 amide bonds. The van der Waals surface area contributed by atoms with Crippen LogP contribution in [0.4, 0.5) is 18.9 Å². The number of alkyl halides is 3. The lowest BCUT2D eigenvalue weighted by Gasteiger charge is -2.09. The van der Waals surface area contributed by atoms with E-state index in [4.69, 9.17) is 0 Å². The van der Waals surface area contributed by atoms with Crippen LogP contribution in [-0.4, -0.2) is 15.9 Å². The average molecular weight is 488 g/mol. The molecular weight excluding hydrogens is 469 g/mol. The predicted molar refractivity (Wildman–Crippen MR) is 130 cm³/mol. The SMILES string of the molecule is O=C(Cc1ccc[n+]([O-])c1)Nc1cccc(-c2cccc(-c3nc4ccc(C(F)(F)F)cc4[nH]3)c2)c1. The van der Waals surface area contributed by atoms with Crippen molar-refractivity contribution in [3.05, 3.63) is 108 Å². The summed E-state index contributed by atoms with van der Waals surface area (Å²) in [7, 11) is 0. The summed E-state index contributed by atoms with van der Waals surface area (Å²) in [5.74, 6) is 0.196. The molecule has 0 bridgehead atoms. The number of carbonyl (C=O) groups is 1. The third kappa shape index (κ3) is 5.05. The third-order valence-electron chi connectivity index (χ3n) is 5.63. The smallest absolute Gasteiger partial charge is 0.416 e. The van der Waals surface area contributed by atoms with E-state index in [1.54, 1.807) is 18.2 Å². The molecule has 3 aromatic carbocycles. The Bertz CT molecular complexity index is 1580. The van der Waals surface area contributed by atoms with Crippen molar-refractivity contribution in [3.63, 3.8) is 0 Å².